The van der Waals surface area contributed by atoms with E-state index < -0.39 is 0 Å². The van der Waals surface area contributed by atoms with Gasteiger partial charge in [0.05, 0.1) is 4.88 Å². The SMILES string of the molecule is C=N/C=C\C=C\CCNC.CC.O=Cc1cccs1. The average Bonchev–Trinajstić information content (AvgIpc) is 2.99. The molecule has 0 saturated carbocycles. The Balaban J connectivity index is 0. The molecule has 19 heavy (non-hydrogen) atoms. The number of hydrogen-bond donors (Lipinski definition) is 1. The number of carbonyl (C=O) groups excluding carboxylic acids is 1. The van der Waals surface area contributed by atoms with Gasteiger partial charge in [0.15, 0.2) is 6.29 Å². The van der Waals surface area contributed by atoms with E-state index in [9.17, 15) is 4.79 Å². The first-order chi connectivity index (χ1) is 9.35. The lowest BCUT2D eigenvalue weighted by Crippen LogP contribution is -2.05. The Morgan fingerprint density at radius 3 is 2.58 bits per heavy atom. The number of aldehydes is 1. The predicted molar refractivity (Wildman–Crippen MR) is 87.4 cm³/mol. The molecule has 0 aliphatic rings. The van der Waals surface area contributed by atoms with Gasteiger partial charge in [-0.2, -0.15) is 0 Å². The Labute approximate surface area is 120 Å². The fourth-order valence-electron chi connectivity index (χ4n) is 0.871. The van der Waals surface area contributed by atoms with Gasteiger partial charge < -0.3 is 5.32 Å². The third kappa shape index (κ3) is 16.5. The number of nitrogens with zero attached hydrogens (tertiary/aromatic N) is 1. The van der Waals surface area contributed by atoms with E-state index in [4.69, 9.17) is 0 Å². The van der Waals surface area contributed by atoms with Crippen LogP contribution >= 0.6 is 11.3 Å². The molecule has 1 aromatic heterocycles. The highest BCUT2D eigenvalue weighted by Gasteiger charge is 1.82. The molecule has 0 unspecified atom stereocenters. The number of aliphatic imine (C=N–C) groups is 1. The molecular weight excluding hydrogens is 256 g/mol. The maximum absolute atomic E-state index is 9.88. The maximum Gasteiger partial charge on any atom is 0.159 e. The van der Waals surface area contributed by atoms with Crippen molar-refractivity contribution in [2.75, 3.05) is 13.6 Å². The van der Waals surface area contributed by atoms with Crippen molar-refractivity contribution in [1.29, 1.82) is 0 Å². The molecule has 106 valence electrons. The van der Waals surface area contributed by atoms with Gasteiger partial charge in [-0.25, -0.2) is 0 Å². The van der Waals surface area contributed by atoms with Gasteiger partial charge in [-0.1, -0.05) is 32.1 Å². The van der Waals surface area contributed by atoms with Crippen LogP contribution in [-0.2, 0) is 0 Å². The number of carbonyl (C=O) groups is 1. The van der Waals surface area contributed by atoms with Gasteiger partial charge in [-0.05, 0) is 44.3 Å². The number of rotatable bonds is 6. The summed E-state index contributed by atoms with van der Waals surface area (Å²) < 4.78 is 0. The van der Waals surface area contributed by atoms with Crippen LogP contribution in [0.4, 0.5) is 0 Å². The van der Waals surface area contributed by atoms with Crippen molar-refractivity contribution in [1.82, 2.24) is 5.32 Å². The van der Waals surface area contributed by atoms with E-state index in [-0.39, 0.29) is 0 Å². The van der Waals surface area contributed by atoms with E-state index in [1.807, 2.05) is 44.5 Å². The number of hydrogen-bond acceptors (Lipinski definition) is 4. The van der Waals surface area contributed by atoms with E-state index in [0.29, 0.717) is 0 Å². The number of nitrogens with one attached hydrogen (secondary N) is 1. The molecule has 1 aromatic rings. The van der Waals surface area contributed by atoms with E-state index in [1.54, 1.807) is 12.3 Å². The summed E-state index contributed by atoms with van der Waals surface area (Å²) in [6, 6.07) is 3.64. The Morgan fingerprint density at radius 2 is 2.16 bits per heavy atom. The molecule has 0 bridgehead atoms. The van der Waals surface area contributed by atoms with Gasteiger partial charge in [-0.3, -0.25) is 9.79 Å². The maximum atomic E-state index is 9.88. The second kappa shape index (κ2) is 18.8. The molecule has 0 aliphatic heterocycles. The van der Waals surface area contributed by atoms with Gasteiger partial charge in [0, 0.05) is 6.20 Å². The zero-order valence-corrected chi connectivity index (χ0v) is 12.8. The minimum absolute atomic E-state index is 0.792. The third-order valence-electron chi connectivity index (χ3n) is 1.66. The third-order valence-corrected chi connectivity index (χ3v) is 2.46. The molecule has 0 spiro atoms. The molecule has 0 aromatic carbocycles. The molecule has 0 radical (unpaired) electrons. The normalized spacial score (nSPS) is 9.42. The van der Waals surface area contributed by atoms with Crippen molar-refractivity contribution in [3.8, 4) is 0 Å². The Morgan fingerprint density at radius 1 is 1.42 bits per heavy atom. The molecule has 3 nitrogen and oxygen atoms in total. The predicted octanol–water partition coefficient (Wildman–Crippen LogP) is 3.95. The molecule has 0 aliphatic carbocycles. The monoisotopic (exact) mass is 280 g/mol. The molecule has 0 atom stereocenters. The van der Waals surface area contributed by atoms with Crippen LogP contribution in [0, 0.1) is 0 Å². The topological polar surface area (TPSA) is 41.5 Å². The molecule has 1 N–H and O–H groups in total. The molecule has 4 heteroatoms. The van der Waals surface area contributed by atoms with E-state index >= 15 is 0 Å². The summed E-state index contributed by atoms with van der Waals surface area (Å²) in [7, 11) is 1.94. The summed E-state index contributed by atoms with van der Waals surface area (Å²) >= 11 is 1.45. The summed E-state index contributed by atoms with van der Waals surface area (Å²) in [4.78, 5) is 14.2. The number of thiophene rings is 1. The second-order valence-electron chi connectivity index (χ2n) is 2.98. The lowest BCUT2D eigenvalue weighted by atomic mass is 10.4. The minimum atomic E-state index is 0.792. The molecule has 1 heterocycles. The van der Waals surface area contributed by atoms with Crippen LogP contribution in [0.2, 0.25) is 0 Å². The van der Waals surface area contributed by atoms with Crippen molar-refractivity contribution in [2.45, 2.75) is 20.3 Å². The van der Waals surface area contributed by atoms with Gasteiger partial charge in [0.25, 0.3) is 0 Å². The van der Waals surface area contributed by atoms with Crippen molar-refractivity contribution in [3.63, 3.8) is 0 Å². The summed E-state index contributed by atoms with van der Waals surface area (Å²) in [5.74, 6) is 0. The smallest absolute Gasteiger partial charge is 0.159 e. The van der Waals surface area contributed by atoms with E-state index in [0.717, 1.165) is 24.1 Å². The fraction of sp³-hybridized carbons (Fsp3) is 0.333. The average molecular weight is 280 g/mol. The highest BCUT2D eigenvalue weighted by atomic mass is 32.1. The molecule has 1 rings (SSSR count). The second-order valence-corrected chi connectivity index (χ2v) is 3.96. The van der Waals surface area contributed by atoms with Crippen molar-refractivity contribution >= 4 is 24.3 Å². The van der Waals surface area contributed by atoms with Gasteiger partial charge in [0.1, 0.15) is 0 Å². The minimum Gasteiger partial charge on any atom is -0.319 e. The van der Waals surface area contributed by atoms with Crippen LogP contribution in [0.5, 0.6) is 0 Å². The van der Waals surface area contributed by atoms with Gasteiger partial charge >= 0.3 is 0 Å². The molecule has 0 saturated heterocycles. The quantitative estimate of drug-likeness (QED) is 0.371. The first-order valence-electron chi connectivity index (χ1n) is 6.26. The van der Waals surface area contributed by atoms with Gasteiger partial charge in [0.2, 0.25) is 0 Å². The van der Waals surface area contributed by atoms with E-state index in [1.165, 1.54) is 11.3 Å². The van der Waals surface area contributed by atoms with Crippen LogP contribution in [-0.4, -0.2) is 26.6 Å². The van der Waals surface area contributed by atoms with E-state index in [2.05, 4.69) is 23.1 Å². The van der Waals surface area contributed by atoms with Crippen LogP contribution in [0.3, 0.4) is 0 Å². The van der Waals surface area contributed by atoms with Gasteiger partial charge in [-0.15, -0.1) is 11.3 Å². The van der Waals surface area contributed by atoms with Crippen LogP contribution < -0.4 is 5.32 Å². The molecule has 0 amide bonds. The highest BCUT2D eigenvalue weighted by molar-refractivity contribution is 7.11. The summed E-state index contributed by atoms with van der Waals surface area (Å²) in [6.07, 6.45) is 9.48. The first kappa shape index (κ1) is 19.8. The standard InChI is InChI=1S/C8H14N2.C5H4OS.C2H6/c1-9-7-5-3-4-6-8-10-2;6-4-5-2-1-3-7-5;1-2/h3-5,7,10H,1,6,8H2,2H3;1-4H;1-2H3/b4-3+,7-5-;;. The van der Waals surface area contributed by atoms with Crippen LogP contribution in [0.15, 0.2) is 46.9 Å². The molecule has 0 fully saturated rings. The largest absolute Gasteiger partial charge is 0.319 e. The fourth-order valence-corrected chi connectivity index (χ4v) is 1.40. The zero-order valence-electron chi connectivity index (χ0n) is 12.0. The summed E-state index contributed by atoms with van der Waals surface area (Å²) in [5, 5.41) is 4.93. The first-order valence-corrected chi connectivity index (χ1v) is 7.14. The van der Waals surface area contributed by atoms with Crippen molar-refractivity contribution in [2.24, 2.45) is 4.99 Å². The summed E-state index contributed by atoms with van der Waals surface area (Å²) in [6.45, 7) is 8.33. The highest BCUT2D eigenvalue weighted by Crippen LogP contribution is 2.03. The Hall–Kier alpha value is -1.52. The summed E-state index contributed by atoms with van der Waals surface area (Å²) in [5.41, 5.74) is 0. The van der Waals surface area contributed by atoms with Crippen LogP contribution in [0.1, 0.15) is 29.9 Å². The Bertz CT molecular complexity index is 343. The van der Waals surface area contributed by atoms with Crippen molar-refractivity contribution in [3.05, 3.63) is 46.8 Å². The van der Waals surface area contributed by atoms with Crippen LogP contribution in [0.25, 0.3) is 0 Å². The Kier molecular flexibility index (Phi) is 19.6. The lowest BCUT2D eigenvalue weighted by Gasteiger charge is -1.88. The lowest BCUT2D eigenvalue weighted by molar-refractivity contribution is 0.112. The zero-order chi connectivity index (χ0) is 14.8. The number of allylic oxidation sites excluding steroid dienone is 2. The van der Waals surface area contributed by atoms with Crippen molar-refractivity contribution < 1.29 is 4.79 Å². The molecular formula is C15H24N2OS.